The molecule has 0 bridgehead atoms. The van der Waals surface area contributed by atoms with Gasteiger partial charge in [-0.25, -0.2) is 0 Å². The first kappa shape index (κ1) is 19.6. The Kier molecular flexibility index (Phi) is 7.29. The molecule has 0 heterocycles. The molecule has 0 saturated carbocycles. The van der Waals surface area contributed by atoms with E-state index in [-0.39, 0.29) is 12.8 Å². The second kappa shape index (κ2) is 9.68. The highest BCUT2D eigenvalue weighted by Gasteiger charge is 2.24. The van der Waals surface area contributed by atoms with E-state index in [9.17, 15) is 4.79 Å². The molecule has 0 aliphatic rings. The third kappa shape index (κ3) is 4.89. The molecule has 0 spiro atoms. The molecular formula is C20H24O6. The van der Waals surface area contributed by atoms with Gasteiger partial charge in [-0.1, -0.05) is 18.2 Å². The monoisotopic (exact) mass is 360 g/mol. The quantitative estimate of drug-likeness (QED) is 0.506. The largest absolute Gasteiger partial charge is 0.497 e. The number of esters is 1. The summed E-state index contributed by atoms with van der Waals surface area (Å²) in [6, 6.07) is 12.8. The van der Waals surface area contributed by atoms with E-state index >= 15 is 0 Å². The molecule has 26 heavy (non-hydrogen) atoms. The molecule has 1 unspecified atom stereocenters. The van der Waals surface area contributed by atoms with Crippen molar-refractivity contribution in [3.8, 4) is 17.2 Å². The van der Waals surface area contributed by atoms with Crippen molar-refractivity contribution < 1.29 is 28.5 Å². The highest BCUT2D eigenvalue weighted by atomic mass is 16.7. The molecule has 2 aromatic rings. The molecule has 0 aliphatic heterocycles. The lowest BCUT2D eigenvalue weighted by Crippen LogP contribution is -2.17. The Labute approximate surface area is 153 Å². The van der Waals surface area contributed by atoms with E-state index < -0.39 is 5.92 Å². The number of hydrogen-bond donors (Lipinski definition) is 0. The van der Waals surface area contributed by atoms with Crippen LogP contribution in [0, 0.1) is 0 Å². The summed E-state index contributed by atoms with van der Waals surface area (Å²) in [5, 5.41) is 0. The normalized spacial score (nSPS) is 11.5. The van der Waals surface area contributed by atoms with Gasteiger partial charge in [0.05, 0.1) is 27.2 Å². The molecule has 0 radical (unpaired) electrons. The predicted molar refractivity (Wildman–Crippen MR) is 97.0 cm³/mol. The SMILES string of the molecule is COCOc1cc(OC)ccc1CC(C(=O)OC)c1ccc(OC)cc1. The van der Waals surface area contributed by atoms with E-state index in [4.69, 9.17) is 23.7 Å². The van der Waals surface area contributed by atoms with Crippen molar-refractivity contribution in [2.75, 3.05) is 35.2 Å². The first-order valence-corrected chi connectivity index (χ1v) is 8.13. The summed E-state index contributed by atoms with van der Waals surface area (Å²) in [5.41, 5.74) is 1.69. The second-order valence-electron chi connectivity index (χ2n) is 5.58. The van der Waals surface area contributed by atoms with Gasteiger partial charge in [0, 0.05) is 13.2 Å². The van der Waals surface area contributed by atoms with Crippen LogP contribution in [0.15, 0.2) is 42.5 Å². The van der Waals surface area contributed by atoms with Crippen molar-refractivity contribution in [2.45, 2.75) is 12.3 Å². The van der Waals surface area contributed by atoms with E-state index in [0.717, 1.165) is 16.9 Å². The molecule has 0 aliphatic carbocycles. The number of hydrogen-bond acceptors (Lipinski definition) is 6. The molecule has 0 aromatic heterocycles. The number of carbonyl (C=O) groups excluding carboxylic acids is 1. The Morgan fingerprint density at radius 3 is 2.15 bits per heavy atom. The minimum Gasteiger partial charge on any atom is -0.497 e. The summed E-state index contributed by atoms with van der Waals surface area (Å²) in [6.07, 6.45) is 0.419. The fourth-order valence-corrected chi connectivity index (χ4v) is 2.62. The molecule has 0 fully saturated rings. The van der Waals surface area contributed by atoms with Gasteiger partial charge < -0.3 is 23.7 Å². The first-order chi connectivity index (χ1) is 12.6. The third-order valence-electron chi connectivity index (χ3n) is 4.03. The van der Waals surface area contributed by atoms with Crippen LogP contribution in [-0.2, 0) is 20.7 Å². The maximum Gasteiger partial charge on any atom is 0.313 e. The Hall–Kier alpha value is -2.73. The molecular weight excluding hydrogens is 336 g/mol. The average Bonchev–Trinajstić information content (AvgIpc) is 2.70. The number of carbonyl (C=O) groups is 1. The lowest BCUT2D eigenvalue weighted by molar-refractivity contribution is -0.142. The molecule has 0 N–H and O–H groups in total. The van der Waals surface area contributed by atoms with Gasteiger partial charge in [0.25, 0.3) is 0 Å². The molecule has 0 amide bonds. The molecule has 2 aromatic carbocycles. The summed E-state index contributed by atoms with van der Waals surface area (Å²) >= 11 is 0. The molecule has 140 valence electrons. The zero-order valence-corrected chi connectivity index (χ0v) is 15.5. The van der Waals surface area contributed by atoms with Crippen LogP contribution in [0.2, 0.25) is 0 Å². The summed E-state index contributed by atoms with van der Waals surface area (Å²) < 4.78 is 26.1. The topological polar surface area (TPSA) is 63.2 Å². The van der Waals surface area contributed by atoms with Crippen molar-refractivity contribution in [3.05, 3.63) is 53.6 Å². The fraction of sp³-hybridized carbons (Fsp3) is 0.350. The number of benzene rings is 2. The van der Waals surface area contributed by atoms with Crippen LogP contribution in [0.25, 0.3) is 0 Å². The van der Waals surface area contributed by atoms with Gasteiger partial charge in [0.2, 0.25) is 0 Å². The van der Waals surface area contributed by atoms with Crippen LogP contribution < -0.4 is 14.2 Å². The summed E-state index contributed by atoms with van der Waals surface area (Å²) in [7, 11) is 6.12. The molecule has 6 nitrogen and oxygen atoms in total. The lowest BCUT2D eigenvalue weighted by Gasteiger charge is -2.18. The average molecular weight is 360 g/mol. The second-order valence-corrected chi connectivity index (χ2v) is 5.58. The van der Waals surface area contributed by atoms with Crippen LogP contribution in [0.1, 0.15) is 17.0 Å². The number of methoxy groups -OCH3 is 4. The Balaban J connectivity index is 2.33. The van der Waals surface area contributed by atoms with Crippen LogP contribution in [-0.4, -0.2) is 41.2 Å². The van der Waals surface area contributed by atoms with E-state index in [2.05, 4.69) is 0 Å². The van der Waals surface area contributed by atoms with Crippen LogP contribution in [0.3, 0.4) is 0 Å². The maximum atomic E-state index is 12.4. The van der Waals surface area contributed by atoms with E-state index in [1.54, 1.807) is 27.4 Å². The fourth-order valence-electron chi connectivity index (χ4n) is 2.62. The predicted octanol–water partition coefficient (Wildman–Crippen LogP) is 3.19. The van der Waals surface area contributed by atoms with Gasteiger partial charge in [-0.3, -0.25) is 4.79 Å². The minimum absolute atomic E-state index is 0.103. The summed E-state index contributed by atoms with van der Waals surface area (Å²) in [6.45, 7) is 0.103. The summed E-state index contributed by atoms with van der Waals surface area (Å²) in [4.78, 5) is 12.4. The van der Waals surface area contributed by atoms with E-state index in [1.807, 2.05) is 36.4 Å². The first-order valence-electron chi connectivity index (χ1n) is 8.13. The van der Waals surface area contributed by atoms with Gasteiger partial charge in [-0.2, -0.15) is 0 Å². The maximum absolute atomic E-state index is 12.4. The van der Waals surface area contributed by atoms with Gasteiger partial charge in [-0.15, -0.1) is 0 Å². The minimum atomic E-state index is -0.468. The highest BCUT2D eigenvalue weighted by molar-refractivity contribution is 5.78. The lowest BCUT2D eigenvalue weighted by atomic mass is 9.91. The van der Waals surface area contributed by atoms with Crippen molar-refractivity contribution in [2.24, 2.45) is 0 Å². The Bertz CT molecular complexity index is 711. The highest BCUT2D eigenvalue weighted by Crippen LogP contribution is 2.31. The Morgan fingerprint density at radius 1 is 0.923 bits per heavy atom. The van der Waals surface area contributed by atoms with Crippen molar-refractivity contribution in [1.29, 1.82) is 0 Å². The zero-order chi connectivity index (χ0) is 18.9. The van der Waals surface area contributed by atoms with E-state index in [1.165, 1.54) is 7.11 Å². The van der Waals surface area contributed by atoms with Crippen LogP contribution >= 0.6 is 0 Å². The van der Waals surface area contributed by atoms with Crippen LogP contribution in [0.4, 0.5) is 0 Å². The van der Waals surface area contributed by atoms with Gasteiger partial charge in [-0.05, 0) is 35.7 Å². The number of ether oxygens (including phenoxy) is 5. The van der Waals surface area contributed by atoms with Crippen molar-refractivity contribution in [3.63, 3.8) is 0 Å². The Morgan fingerprint density at radius 2 is 1.58 bits per heavy atom. The molecule has 1 atom stereocenters. The smallest absolute Gasteiger partial charge is 0.313 e. The van der Waals surface area contributed by atoms with Crippen molar-refractivity contribution in [1.82, 2.24) is 0 Å². The molecule has 0 saturated heterocycles. The number of rotatable bonds is 9. The van der Waals surface area contributed by atoms with Crippen LogP contribution in [0.5, 0.6) is 17.2 Å². The van der Waals surface area contributed by atoms with Gasteiger partial charge >= 0.3 is 5.97 Å². The molecule has 6 heteroatoms. The summed E-state index contributed by atoms with van der Waals surface area (Å²) in [5.74, 6) is 1.21. The standard InChI is InChI=1S/C20H24O6/c1-22-13-26-19-12-17(24-3)10-7-15(19)11-18(20(21)25-4)14-5-8-16(23-2)9-6-14/h5-10,12,18H,11,13H2,1-4H3. The van der Waals surface area contributed by atoms with Gasteiger partial charge in [0.1, 0.15) is 17.2 Å². The van der Waals surface area contributed by atoms with Gasteiger partial charge in [0.15, 0.2) is 6.79 Å². The zero-order valence-electron chi connectivity index (χ0n) is 15.5. The van der Waals surface area contributed by atoms with Crippen molar-refractivity contribution >= 4 is 5.97 Å². The van der Waals surface area contributed by atoms with E-state index in [0.29, 0.717) is 17.9 Å². The third-order valence-corrected chi connectivity index (χ3v) is 4.03. The molecule has 2 rings (SSSR count).